The maximum Gasteiger partial charge on any atom is 0.282 e. The number of nitro groups is 1. The standard InChI is InChI=1S/C30H24ClN5O3/c1-20-6-10-22(11-7-20)27-18-29(23-12-14-24(31)15-13-23)35(34-27)25-16-8-21(9-17-25)19-32-33-30(37)26-4-2-3-5-28(26)36(38)39/h2-17,19,29H,18H2,1H3,(H,33,37)/t29-/m0/s1. The predicted molar refractivity (Wildman–Crippen MR) is 154 cm³/mol. The van der Waals surface area contributed by atoms with Gasteiger partial charge in [-0.25, -0.2) is 5.43 Å². The number of amides is 1. The second-order valence-electron chi connectivity index (χ2n) is 9.09. The molecule has 0 bridgehead atoms. The van der Waals surface area contributed by atoms with Crippen molar-refractivity contribution in [3.63, 3.8) is 0 Å². The number of anilines is 1. The minimum atomic E-state index is -0.656. The number of nitrogens with one attached hydrogen (secondary N) is 1. The lowest BCUT2D eigenvalue weighted by Crippen LogP contribution is -2.19. The average Bonchev–Trinajstić information content (AvgIpc) is 3.39. The first-order chi connectivity index (χ1) is 18.9. The number of carbonyl (C=O) groups excluding carboxylic acids is 1. The van der Waals surface area contributed by atoms with Crippen LogP contribution in [-0.2, 0) is 0 Å². The monoisotopic (exact) mass is 537 g/mol. The van der Waals surface area contributed by atoms with E-state index < -0.39 is 10.8 Å². The molecule has 1 amide bonds. The number of hydrazone groups is 2. The van der Waals surface area contributed by atoms with E-state index in [0.29, 0.717) is 5.02 Å². The van der Waals surface area contributed by atoms with Gasteiger partial charge in [0, 0.05) is 17.5 Å². The van der Waals surface area contributed by atoms with E-state index in [1.54, 1.807) is 6.07 Å². The van der Waals surface area contributed by atoms with Crippen molar-refractivity contribution in [2.24, 2.45) is 10.2 Å². The van der Waals surface area contributed by atoms with Crippen molar-refractivity contribution in [2.45, 2.75) is 19.4 Å². The van der Waals surface area contributed by atoms with Gasteiger partial charge in [0.15, 0.2) is 0 Å². The summed E-state index contributed by atoms with van der Waals surface area (Å²) in [6, 6.07) is 29.5. The number of aryl methyl sites for hydroxylation is 1. The summed E-state index contributed by atoms with van der Waals surface area (Å²) >= 11 is 6.14. The summed E-state index contributed by atoms with van der Waals surface area (Å²) in [5, 5.41) is 22.8. The van der Waals surface area contributed by atoms with Crippen LogP contribution in [0.4, 0.5) is 11.4 Å². The normalized spacial score (nSPS) is 14.9. The number of nitrogens with zero attached hydrogens (tertiary/aromatic N) is 4. The first-order valence-corrected chi connectivity index (χ1v) is 12.6. The Hall–Kier alpha value is -4.82. The topological polar surface area (TPSA) is 100 Å². The van der Waals surface area contributed by atoms with Gasteiger partial charge in [-0.15, -0.1) is 0 Å². The number of halogens is 1. The van der Waals surface area contributed by atoms with Gasteiger partial charge in [-0.2, -0.15) is 10.2 Å². The summed E-state index contributed by atoms with van der Waals surface area (Å²) in [7, 11) is 0. The fraction of sp³-hybridized carbons (Fsp3) is 0.100. The summed E-state index contributed by atoms with van der Waals surface area (Å²) < 4.78 is 0. The Morgan fingerprint density at radius 1 is 1.03 bits per heavy atom. The molecule has 0 spiro atoms. The highest BCUT2D eigenvalue weighted by molar-refractivity contribution is 6.30. The summed E-state index contributed by atoms with van der Waals surface area (Å²) in [6.07, 6.45) is 2.23. The number of hydrogen-bond acceptors (Lipinski definition) is 6. The van der Waals surface area contributed by atoms with E-state index >= 15 is 0 Å². The second-order valence-corrected chi connectivity index (χ2v) is 9.53. The highest BCUT2D eigenvalue weighted by atomic mass is 35.5. The third-order valence-corrected chi connectivity index (χ3v) is 6.68. The van der Waals surface area contributed by atoms with Gasteiger partial charge in [0.1, 0.15) is 5.56 Å². The van der Waals surface area contributed by atoms with Gasteiger partial charge >= 0.3 is 0 Å². The Balaban J connectivity index is 1.35. The van der Waals surface area contributed by atoms with Crippen LogP contribution in [-0.4, -0.2) is 22.8 Å². The molecule has 5 rings (SSSR count). The predicted octanol–water partition coefficient (Wildman–Crippen LogP) is 6.68. The van der Waals surface area contributed by atoms with E-state index in [4.69, 9.17) is 16.7 Å². The van der Waals surface area contributed by atoms with Crippen molar-refractivity contribution in [3.8, 4) is 0 Å². The van der Waals surface area contributed by atoms with Crippen LogP contribution in [0, 0.1) is 17.0 Å². The molecule has 0 radical (unpaired) electrons. The summed E-state index contributed by atoms with van der Waals surface area (Å²) in [5.74, 6) is -0.656. The molecule has 4 aromatic carbocycles. The molecule has 1 aliphatic heterocycles. The van der Waals surface area contributed by atoms with Crippen LogP contribution in [0.2, 0.25) is 5.02 Å². The van der Waals surface area contributed by atoms with Gasteiger partial charge in [0.2, 0.25) is 0 Å². The average molecular weight is 538 g/mol. The van der Waals surface area contributed by atoms with Gasteiger partial charge in [-0.05, 0) is 53.9 Å². The number of hydrogen-bond donors (Lipinski definition) is 1. The van der Waals surface area contributed by atoms with Crippen molar-refractivity contribution >= 4 is 40.8 Å². The van der Waals surface area contributed by atoms with Crippen molar-refractivity contribution in [3.05, 3.63) is 140 Å². The SMILES string of the molecule is Cc1ccc(C2=NN(c3ccc(C=NNC(=O)c4ccccc4[N+](=O)[O-])cc3)[C@H](c3ccc(Cl)cc3)C2)cc1. The fourth-order valence-electron chi connectivity index (χ4n) is 4.38. The number of carbonyl (C=O) groups is 1. The van der Waals surface area contributed by atoms with Gasteiger partial charge in [0.05, 0.1) is 28.6 Å². The van der Waals surface area contributed by atoms with E-state index in [9.17, 15) is 14.9 Å². The smallest absolute Gasteiger partial charge is 0.267 e. The van der Waals surface area contributed by atoms with Crippen LogP contribution in [0.1, 0.15) is 45.1 Å². The lowest BCUT2D eigenvalue weighted by Gasteiger charge is -2.24. The molecule has 0 saturated heterocycles. The van der Waals surface area contributed by atoms with Crippen LogP contribution in [0.5, 0.6) is 0 Å². The number of rotatable bonds is 7. The molecule has 39 heavy (non-hydrogen) atoms. The number of nitro benzene ring substituents is 1. The Bertz CT molecular complexity index is 1570. The third kappa shape index (κ3) is 5.86. The van der Waals surface area contributed by atoms with Gasteiger partial charge in [-0.1, -0.05) is 77.8 Å². The zero-order valence-corrected chi connectivity index (χ0v) is 21.7. The molecule has 0 aromatic heterocycles. The summed E-state index contributed by atoms with van der Waals surface area (Å²) in [6.45, 7) is 2.06. The zero-order valence-electron chi connectivity index (χ0n) is 21.0. The van der Waals surface area contributed by atoms with Crippen molar-refractivity contribution < 1.29 is 9.72 Å². The molecule has 1 N–H and O–H groups in total. The highest BCUT2D eigenvalue weighted by Crippen LogP contribution is 2.37. The lowest BCUT2D eigenvalue weighted by molar-refractivity contribution is -0.385. The Labute approximate surface area is 230 Å². The molecule has 0 fully saturated rings. The quantitative estimate of drug-likeness (QED) is 0.161. The van der Waals surface area contributed by atoms with Crippen molar-refractivity contribution in [2.75, 3.05) is 5.01 Å². The van der Waals surface area contributed by atoms with Gasteiger partial charge < -0.3 is 0 Å². The molecule has 4 aromatic rings. The molecule has 1 aliphatic rings. The molecule has 0 unspecified atom stereocenters. The van der Waals surface area contributed by atoms with E-state index in [-0.39, 0.29) is 17.3 Å². The van der Waals surface area contributed by atoms with Gasteiger partial charge in [-0.3, -0.25) is 19.9 Å². The molecular weight excluding hydrogens is 514 g/mol. The Morgan fingerprint density at radius 3 is 2.41 bits per heavy atom. The maximum atomic E-state index is 12.4. The zero-order chi connectivity index (χ0) is 27.4. The molecule has 1 atom stereocenters. The van der Waals surface area contributed by atoms with E-state index in [0.717, 1.165) is 34.5 Å². The van der Waals surface area contributed by atoms with Crippen molar-refractivity contribution in [1.29, 1.82) is 0 Å². The van der Waals surface area contributed by atoms with Crippen LogP contribution < -0.4 is 10.4 Å². The number of para-hydroxylation sites is 1. The molecule has 1 heterocycles. The molecule has 0 aliphatic carbocycles. The molecule has 9 heteroatoms. The van der Waals surface area contributed by atoms with E-state index in [2.05, 4.69) is 41.7 Å². The second kappa shape index (κ2) is 11.3. The maximum absolute atomic E-state index is 12.4. The van der Waals surface area contributed by atoms with Crippen LogP contribution in [0.15, 0.2) is 107 Å². The van der Waals surface area contributed by atoms with Crippen LogP contribution in [0.3, 0.4) is 0 Å². The number of benzene rings is 4. The Kier molecular flexibility index (Phi) is 7.47. The first-order valence-electron chi connectivity index (χ1n) is 12.2. The Morgan fingerprint density at radius 2 is 1.72 bits per heavy atom. The van der Waals surface area contributed by atoms with E-state index in [1.165, 1.54) is 30.0 Å². The van der Waals surface area contributed by atoms with E-state index in [1.807, 2.05) is 53.5 Å². The third-order valence-electron chi connectivity index (χ3n) is 6.43. The molecule has 8 nitrogen and oxygen atoms in total. The first kappa shape index (κ1) is 25.8. The summed E-state index contributed by atoms with van der Waals surface area (Å²) in [5.41, 5.74) is 8.05. The molecule has 194 valence electrons. The van der Waals surface area contributed by atoms with Crippen LogP contribution >= 0.6 is 11.6 Å². The largest absolute Gasteiger partial charge is 0.282 e. The lowest BCUT2D eigenvalue weighted by atomic mass is 9.98. The highest BCUT2D eigenvalue weighted by Gasteiger charge is 2.30. The van der Waals surface area contributed by atoms with Gasteiger partial charge in [0.25, 0.3) is 11.6 Å². The molecular formula is C30H24ClN5O3. The van der Waals surface area contributed by atoms with Crippen molar-refractivity contribution in [1.82, 2.24) is 5.43 Å². The van der Waals surface area contributed by atoms with Crippen LogP contribution in [0.25, 0.3) is 0 Å². The minimum Gasteiger partial charge on any atom is -0.267 e. The molecule has 0 saturated carbocycles. The summed E-state index contributed by atoms with van der Waals surface area (Å²) in [4.78, 5) is 23.0. The fourth-order valence-corrected chi connectivity index (χ4v) is 4.50. The minimum absolute atomic E-state index is 0.000891.